The molecular weight excluding hydrogens is 375 g/mol. The molecule has 0 unspecified atom stereocenters. The average Bonchev–Trinajstić information content (AvgIpc) is 3.25. The van der Waals surface area contributed by atoms with Gasteiger partial charge in [-0.15, -0.1) is 0 Å². The number of hydrogen-bond acceptors (Lipinski definition) is 3. The number of rotatable bonds is 3. The predicted octanol–water partition coefficient (Wildman–Crippen LogP) is 3.35. The van der Waals surface area contributed by atoms with Crippen molar-refractivity contribution in [2.45, 2.75) is 31.5 Å². The van der Waals surface area contributed by atoms with E-state index >= 15 is 0 Å². The monoisotopic (exact) mass is 393 g/mol. The summed E-state index contributed by atoms with van der Waals surface area (Å²) in [7, 11) is 0. The van der Waals surface area contributed by atoms with E-state index in [-0.39, 0.29) is 29.8 Å². The SMILES string of the molecule is O=C(Cc1ccc(C(F)(F)F)o1)N1CCC(n2c(=O)[nH]c3ccccc32)CC1. The number of piperidine rings is 1. The minimum absolute atomic E-state index is 0.00713. The second kappa shape index (κ2) is 6.88. The van der Waals surface area contributed by atoms with Gasteiger partial charge in [-0.2, -0.15) is 13.2 Å². The molecule has 9 heteroatoms. The van der Waals surface area contributed by atoms with Crippen molar-refractivity contribution in [2.75, 3.05) is 13.1 Å². The summed E-state index contributed by atoms with van der Waals surface area (Å²) >= 11 is 0. The van der Waals surface area contributed by atoms with Gasteiger partial charge >= 0.3 is 11.9 Å². The highest BCUT2D eigenvalue weighted by molar-refractivity contribution is 5.78. The number of nitrogens with one attached hydrogen (secondary N) is 1. The zero-order valence-corrected chi connectivity index (χ0v) is 14.8. The number of fused-ring (bicyclic) bond motifs is 1. The number of H-pyrrole nitrogens is 1. The van der Waals surface area contributed by atoms with Crippen LogP contribution < -0.4 is 5.69 Å². The van der Waals surface area contributed by atoms with Crippen LogP contribution >= 0.6 is 0 Å². The first kappa shape index (κ1) is 18.4. The molecule has 1 saturated heterocycles. The average molecular weight is 393 g/mol. The molecule has 0 saturated carbocycles. The highest BCUT2D eigenvalue weighted by Gasteiger charge is 2.35. The molecule has 2 aromatic heterocycles. The van der Waals surface area contributed by atoms with Crippen LogP contribution in [0, 0.1) is 0 Å². The summed E-state index contributed by atoms with van der Waals surface area (Å²) in [6, 6.07) is 9.40. The molecule has 1 aromatic carbocycles. The number of aromatic amines is 1. The summed E-state index contributed by atoms with van der Waals surface area (Å²) in [4.78, 5) is 29.1. The number of furan rings is 1. The van der Waals surface area contributed by atoms with Gasteiger partial charge in [0.2, 0.25) is 11.7 Å². The second-order valence-electron chi connectivity index (χ2n) is 6.87. The molecule has 4 rings (SSSR count). The Kier molecular flexibility index (Phi) is 4.52. The maximum atomic E-state index is 12.6. The molecule has 1 N–H and O–H groups in total. The van der Waals surface area contributed by atoms with E-state index in [2.05, 4.69) is 4.98 Å². The van der Waals surface area contributed by atoms with E-state index in [0.29, 0.717) is 25.9 Å². The number of carbonyl (C=O) groups excluding carboxylic acids is 1. The Balaban J connectivity index is 1.41. The summed E-state index contributed by atoms with van der Waals surface area (Å²) in [5, 5.41) is 0. The quantitative estimate of drug-likeness (QED) is 0.742. The standard InChI is InChI=1S/C19H18F3N3O3/c20-19(21,22)16-6-5-13(28-16)11-17(26)24-9-7-12(8-10-24)25-15-4-2-1-3-14(15)23-18(25)27/h1-6,12H,7-11H2,(H,23,27). The molecule has 0 spiro atoms. The Morgan fingerprint density at radius 2 is 1.86 bits per heavy atom. The van der Waals surface area contributed by atoms with E-state index < -0.39 is 11.9 Å². The molecular formula is C19H18F3N3O3. The van der Waals surface area contributed by atoms with Gasteiger partial charge in [0, 0.05) is 19.1 Å². The zero-order valence-electron chi connectivity index (χ0n) is 14.8. The van der Waals surface area contributed by atoms with Crippen LogP contribution in [0.2, 0.25) is 0 Å². The van der Waals surface area contributed by atoms with E-state index in [1.807, 2.05) is 24.3 Å². The zero-order chi connectivity index (χ0) is 19.9. The number of hydrogen-bond donors (Lipinski definition) is 1. The molecule has 148 valence electrons. The molecule has 1 amide bonds. The Labute approximate surface area is 157 Å². The molecule has 1 aliphatic heterocycles. The number of para-hydroxylation sites is 2. The van der Waals surface area contributed by atoms with Gasteiger partial charge in [0.25, 0.3) is 0 Å². The molecule has 6 nitrogen and oxygen atoms in total. The molecule has 1 aliphatic rings. The highest BCUT2D eigenvalue weighted by atomic mass is 19.4. The third-order valence-corrected chi connectivity index (χ3v) is 5.07. The van der Waals surface area contributed by atoms with Crippen LogP contribution in [0.1, 0.15) is 30.4 Å². The van der Waals surface area contributed by atoms with Gasteiger partial charge in [-0.25, -0.2) is 4.79 Å². The summed E-state index contributed by atoms with van der Waals surface area (Å²) < 4.78 is 44.2. The fourth-order valence-electron chi connectivity index (χ4n) is 3.70. The van der Waals surface area contributed by atoms with Crippen LogP contribution in [0.3, 0.4) is 0 Å². The van der Waals surface area contributed by atoms with Crippen molar-refractivity contribution in [3.63, 3.8) is 0 Å². The van der Waals surface area contributed by atoms with Crippen molar-refractivity contribution in [1.82, 2.24) is 14.5 Å². The molecule has 0 atom stereocenters. The molecule has 1 fully saturated rings. The van der Waals surface area contributed by atoms with Gasteiger partial charge in [0.1, 0.15) is 5.76 Å². The topological polar surface area (TPSA) is 71.2 Å². The van der Waals surface area contributed by atoms with Crippen LogP contribution in [0.5, 0.6) is 0 Å². The molecule has 3 aromatic rings. The van der Waals surface area contributed by atoms with Crippen molar-refractivity contribution < 1.29 is 22.4 Å². The van der Waals surface area contributed by atoms with Gasteiger partial charge in [0.15, 0.2) is 0 Å². The first-order valence-corrected chi connectivity index (χ1v) is 8.96. The number of halogens is 3. The fourth-order valence-corrected chi connectivity index (χ4v) is 3.70. The number of nitrogens with zero attached hydrogens (tertiary/aromatic N) is 2. The van der Waals surface area contributed by atoms with E-state index in [1.165, 1.54) is 6.07 Å². The Bertz CT molecular complexity index is 1060. The molecule has 0 radical (unpaired) electrons. The first-order valence-electron chi connectivity index (χ1n) is 8.96. The smallest absolute Gasteiger partial charge is 0.449 e. The van der Waals surface area contributed by atoms with Crippen molar-refractivity contribution >= 4 is 16.9 Å². The lowest BCUT2D eigenvalue weighted by Crippen LogP contribution is -2.41. The summed E-state index contributed by atoms with van der Waals surface area (Å²) in [6.07, 6.45) is -3.58. The minimum atomic E-state index is -4.56. The fraction of sp³-hybridized carbons (Fsp3) is 0.368. The van der Waals surface area contributed by atoms with Gasteiger partial charge in [-0.05, 0) is 37.1 Å². The van der Waals surface area contributed by atoms with Crippen LogP contribution in [-0.2, 0) is 17.4 Å². The third-order valence-electron chi connectivity index (χ3n) is 5.07. The van der Waals surface area contributed by atoms with Gasteiger partial charge in [-0.3, -0.25) is 9.36 Å². The minimum Gasteiger partial charge on any atom is -0.456 e. The summed E-state index contributed by atoms with van der Waals surface area (Å²) in [5.41, 5.74) is 1.41. The van der Waals surface area contributed by atoms with Crippen LogP contribution in [-0.4, -0.2) is 33.4 Å². The summed E-state index contributed by atoms with van der Waals surface area (Å²) in [5.74, 6) is -1.40. The molecule has 0 bridgehead atoms. The predicted molar refractivity (Wildman–Crippen MR) is 94.8 cm³/mol. The van der Waals surface area contributed by atoms with E-state index in [0.717, 1.165) is 17.1 Å². The Morgan fingerprint density at radius 1 is 1.14 bits per heavy atom. The lowest BCUT2D eigenvalue weighted by atomic mass is 10.0. The van der Waals surface area contributed by atoms with Crippen LogP contribution in [0.15, 0.2) is 45.6 Å². The van der Waals surface area contributed by atoms with Gasteiger partial charge in [0.05, 0.1) is 17.5 Å². The normalized spacial score (nSPS) is 16.0. The lowest BCUT2D eigenvalue weighted by Gasteiger charge is -2.32. The number of imidazole rings is 1. The van der Waals surface area contributed by atoms with Crippen molar-refractivity contribution in [3.8, 4) is 0 Å². The van der Waals surface area contributed by atoms with Crippen molar-refractivity contribution in [3.05, 3.63) is 58.4 Å². The van der Waals surface area contributed by atoms with Crippen LogP contribution in [0.4, 0.5) is 13.2 Å². The van der Waals surface area contributed by atoms with Gasteiger partial charge in [-0.1, -0.05) is 12.1 Å². The molecule has 3 heterocycles. The van der Waals surface area contributed by atoms with E-state index in [4.69, 9.17) is 4.42 Å². The molecule has 28 heavy (non-hydrogen) atoms. The van der Waals surface area contributed by atoms with Crippen molar-refractivity contribution in [1.29, 1.82) is 0 Å². The molecule has 0 aliphatic carbocycles. The number of benzene rings is 1. The largest absolute Gasteiger partial charge is 0.456 e. The number of amides is 1. The Morgan fingerprint density at radius 3 is 2.54 bits per heavy atom. The van der Waals surface area contributed by atoms with E-state index in [1.54, 1.807) is 9.47 Å². The first-order chi connectivity index (χ1) is 13.3. The second-order valence-corrected chi connectivity index (χ2v) is 6.87. The van der Waals surface area contributed by atoms with Crippen LogP contribution in [0.25, 0.3) is 11.0 Å². The van der Waals surface area contributed by atoms with Crippen molar-refractivity contribution in [2.24, 2.45) is 0 Å². The maximum Gasteiger partial charge on any atom is 0.449 e. The number of likely N-dealkylation sites (tertiary alicyclic amines) is 1. The van der Waals surface area contributed by atoms with E-state index in [9.17, 15) is 22.8 Å². The Hall–Kier alpha value is -2.97. The van der Waals surface area contributed by atoms with Gasteiger partial charge < -0.3 is 14.3 Å². The number of aromatic nitrogens is 2. The third kappa shape index (κ3) is 3.44. The number of carbonyl (C=O) groups is 1. The summed E-state index contributed by atoms with van der Waals surface area (Å²) in [6.45, 7) is 0.866. The number of alkyl halides is 3. The maximum absolute atomic E-state index is 12.6. The highest BCUT2D eigenvalue weighted by Crippen LogP contribution is 2.31. The lowest BCUT2D eigenvalue weighted by molar-refractivity contribution is -0.153.